The minimum atomic E-state index is -0.544. The molecule has 0 aliphatic carbocycles. The van der Waals surface area contributed by atoms with E-state index in [0.29, 0.717) is 20.5 Å². The van der Waals surface area contributed by atoms with Gasteiger partial charge in [-0.05, 0) is 30.7 Å². The predicted molar refractivity (Wildman–Crippen MR) is 115 cm³/mol. The van der Waals surface area contributed by atoms with Crippen LogP contribution in [0.5, 0.6) is 5.75 Å². The zero-order valence-corrected chi connectivity index (χ0v) is 18.2. The first-order chi connectivity index (χ1) is 13.8. The molecule has 1 aromatic carbocycles. The Hall–Kier alpha value is -2.33. The molecule has 150 valence electrons. The number of aromatic nitrogens is 1. The normalized spacial score (nSPS) is 10.6. The van der Waals surface area contributed by atoms with E-state index in [4.69, 9.17) is 27.9 Å². The summed E-state index contributed by atoms with van der Waals surface area (Å²) in [6, 6.07) is 6.44. The highest BCUT2D eigenvalue weighted by Crippen LogP contribution is 2.45. The number of anilines is 1. The molecule has 0 aliphatic heterocycles. The largest absolute Gasteiger partial charge is 0.497 e. The van der Waals surface area contributed by atoms with Crippen LogP contribution in [0.15, 0.2) is 45.8 Å². The maximum Gasteiger partial charge on any atom is 0.294 e. The van der Waals surface area contributed by atoms with E-state index >= 15 is 0 Å². The Bertz CT molecular complexity index is 1080. The molecule has 0 bridgehead atoms. The third-order valence-electron chi connectivity index (χ3n) is 3.79. The number of carbonyl (C=O) groups excluding carboxylic acids is 1. The second-order valence-corrected chi connectivity index (χ2v) is 8.86. The van der Waals surface area contributed by atoms with Gasteiger partial charge < -0.3 is 10.1 Å². The van der Waals surface area contributed by atoms with Crippen molar-refractivity contribution in [3.8, 4) is 5.75 Å². The van der Waals surface area contributed by atoms with Crippen LogP contribution in [-0.4, -0.2) is 22.9 Å². The Morgan fingerprint density at radius 1 is 1.28 bits per heavy atom. The van der Waals surface area contributed by atoms with Crippen LogP contribution in [0.2, 0.25) is 10.0 Å². The van der Waals surface area contributed by atoms with Crippen LogP contribution in [0.3, 0.4) is 0 Å². The van der Waals surface area contributed by atoms with Crippen molar-refractivity contribution in [3.63, 3.8) is 0 Å². The molecule has 0 saturated carbocycles. The fourth-order valence-corrected chi connectivity index (χ4v) is 5.11. The first-order valence-corrected chi connectivity index (χ1v) is 10.4. The van der Waals surface area contributed by atoms with Crippen molar-refractivity contribution in [3.05, 3.63) is 67.3 Å². The average molecular weight is 470 g/mol. The molecule has 2 heterocycles. The summed E-state index contributed by atoms with van der Waals surface area (Å²) in [5, 5.41) is 14.8. The zero-order chi connectivity index (χ0) is 21.1. The average Bonchev–Trinajstić information content (AvgIpc) is 3.11. The van der Waals surface area contributed by atoms with E-state index in [1.807, 2.05) is 6.92 Å². The van der Waals surface area contributed by atoms with E-state index in [1.165, 1.54) is 18.5 Å². The van der Waals surface area contributed by atoms with Gasteiger partial charge in [-0.25, -0.2) is 0 Å². The molecule has 0 aliphatic rings. The van der Waals surface area contributed by atoms with Crippen LogP contribution in [-0.2, 0) is 0 Å². The van der Waals surface area contributed by atoms with Crippen LogP contribution < -0.4 is 10.1 Å². The number of nitro groups is 1. The Morgan fingerprint density at radius 2 is 1.97 bits per heavy atom. The van der Waals surface area contributed by atoms with Crippen LogP contribution in [0.25, 0.3) is 0 Å². The lowest BCUT2D eigenvalue weighted by atomic mass is 10.2. The Kier molecular flexibility index (Phi) is 6.63. The maximum absolute atomic E-state index is 12.7. The molecule has 3 aromatic rings. The molecule has 7 nitrogen and oxygen atoms in total. The van der Waals surface area contributed by atoms with E-state index in [-0.39, 0.29) is 20.6 Å². The number of hydrogen-bond donors (Lipinski definition) is 1. The molecule has 29 heavy (non-hydrogen) atoms. The third kappa shape index (κ3) is 4.81. The minimum Gasteiger partial charge on any atom is -0.497 e. The number of nitrogens with zero attached hydrogens (tertiary/aromatic N) is 2. The van der Waals surface area contributed by atoms with Gasteiger partial charge in [-0.2, -0.15) is 0 Å². The van der Waals surface area contributed by atoms with Gasteiger partial charge in [0.15, 0.2) is 0 Å². The summed E-state index contributed by atoms with van der Waals surface area (Å²) in [6.07, 6.45) is 2.80. The lowest BCUT2D eigenvalue weighted by Crippen LogP contribution is -2.11. The molecule has 1 amide bonds. The summed E-state index contributed by atoms with van der Waals surface area (Å²) in [7, 11) is 1.55. The van der Waals surface area contributed by atoms with Crippen LogP contribution >= 0.6 is 46.3 Å². The number of nitrogens with one attached hydrogen (secondary N) is 1. The number of rotatable bonds is 6. The zero-order valence-electron chi connectivity index (χ0n) is 15.1. The summed E-state index contributed by atoms with van der Waals surface area (Å²) in [4.78, 5) is 28.1. The van der Waals surface area contributed by atoms with Crippen molar-refractivity contribution in [1.82, 2.24) is 4.98 Å². The van der Waals surface area contributed by atoms with Gasteiger partial charge in [0, 0.05) is 24.1 Å². The van der Waals surface area contributed by atoms with Crippen molar-refractivity contribution in [2.45, 2.75) is 16.0 Å². The van der Waals surface area contributed by atoms with E-state index in [2.05, 4.69) is 10.3 Å². The number of hydrogen-bond acceptors (Lipinski definition) is 7. The second kappa shape index (κ2) is 9.00. The third-order valence-corrected chi connectivity index (χ3v) is 7.04. The van der Waals surface area contributed by atoms with Gasteiger partial charge >= 0.3 is 0 Å². The lowest BCUT2D eigenvalue weighted by molar-refractivity contribution is -0.387. The van der Waals surface area contributed by atoms with Gasteiger partial charge in [0.05, 0.1) is 27.0 Å². The molecule has 0 atom stereocenters. The molecule has 0 unspecified atom stereocenters. The molecule has 11 heteroatoms. The number of amides is 1. The quantitative estimate of drug-likeness (QED) is 0.347. The highest BCUT2D eigenvalue weighted by Gasteiger charge is 2.25. The summed E-state index contributed by atoms with van der Waals surface area (Å²) in [5.41, 5.74) is 1.19. The molecule has 0 saturated heterocycles. The van der Waals surface area contributed by atoms with Gasteiger partial charge in [-0.1, -0.05) is 35.0 Å². The number of aryl methyl sites for hydroxylation is 1. The fraction of sp³-hybridized carbons (Fsp3) is 0.111. The maximum atomic E-state index is 12.7. The second-order valence-electron chi connectivity index (χ2n) is 5.71. The number of thiophene rings is 1. The van der Waals surface area contributed by atoms with Crippen LogP contribution in [0.1, 0.15) is 15.2 Å². The van der Waals surface area contributed by atoms with E-state index in [0.717, 1.165) is 28.7 Å². The molecular weight excluding hydrogens is 457 g/mol. The topological polar surface area (TPSA) is 94.4 Å². The number of benzene rings is 1. The highest BCUT2D eigenvalue weighted by atomic mass is 35.5. The summed E-state index contributed by atoms with van der Waals surface area (Å²) < 4.78 is 5.44. The summed E-state index contributed by atoms with van der Waals surface area (Å²) in [6.45, 7) is 1.82. The Labute approximate surface area is 184 Å². The minimum absolute atomic E-state index is 0.190. The molecule has 0 radical (unpaired) electrons. The highest BCUT2D eigenvalue weighted by molar-refractivity contribution is 8.01. The van der Waals surface area contributed by atoms with E-state index in [1.54, 1.807) is 25.3 Å². The summed E-state index contributed by atoms with van der Waals surface area (Å²) in [5.74, 6) is 0.210. The monoisotopic (exact) mass is 469 g/mol. The molecule has 3 rings (SSSR count). The first kappa shape index (κ1) is 21.4. The van der Waals surface area contributed by atoms with E-state index in [9.17, 15) is 14.9 Å². The number of halogens is 2. The smallest absolute Gasteiger partial charge is 0.294 e. The number of pyridine rings is 1. The van der Waals surface area contributed by atoms with Crippen molar-refractivity contribution in [2.24, 2.45) is 0 Å². The van der Waals surface area contributed by atoms with Gasteiger partial charge in [0.1, 0.15) is 14.8 Å². The first-order valence-electron chi connectivity index (χ1n) is 8.01. The standard InChI is InChI=1S/C18H13Cl2N3O4S2/c1-9-5-10(27-2)3-4-13(9)22-17(24)15-6-14(23(25)26)18(28-15)29-16-11(19)7-21-8-12(16)20/h3-8H,1-2H3,(H,22,24). The lowest BCUT2D eigenvalue weighted by Gasteiger charge is -2.09. The molecular formula is C18H13Cl2N3O4S2. The fourth-order valence-electron chi connectivity index (χ4n) is 2.35. The number of ether oxygens (including phenoxy) is 1. The van der Waals surface area contributed by atoms with E-state index < -0.39 is 10.8 Å². The van der Waals surface area contributed by atoms with Gasteiger partial charge in [0.2, 0.25) is 0 Å². The predicted octanol–water partition coefficient (Wildman–Crippen LogP) is 6.08. The molecule has 0 fully saturated rings. The molecule has 2 aromatic heterocycles. The Morgan fingerprint density at radius 3 is 2.55 bits per heavy atom. The van der Waals surface area contributed by atoms with Gasteiger partial charge in [-0.15, -0.1) is 11.3 Å². The van der Waals surface area contributed by atoms with Crippen molar-refractivity contribution in [2.75, 3.05) is 12.4 Å². The SMILES string of the molecule is COc1ccc(NC(=O)c2cc([N+](=O)[O-])c(Sc3c(Cl)cncc3Cl)s2)c(C)c1. The van der Waals surface area contributed by atoms with Crippen molar-refractivity contribution in [1.29, 1.82) is 0 Å². The van der Waals surface area contributed by atoms with Crippen LogP contribution in [0, 0.1) is 17.0 Å². The number of carbonyl (C=O) groups is 1. The summed E-state index contributed by atoms with van der Waals surface area (Å²) >= 11 is 14.2. The van der Waals surface area contributed by atoms with Crippen LogP contribution in [0.4, 0.5) is 11.4 Å². The van der Waals surface area contributed by atoms with Gasteiger partial charge in [0.25, 0.3) is 11.6 Å². The molecule has 1 N–H and O–H groups in total. The van der Waals surface area contributed by atoms with Gasteiger partial charge in [-0.3, -0.25) is 19.9 Å². The number of methoxy groups -OCH3 is 1. The Balaban J connectivity index is 1.90. The molecule has 0 spiro atoms. The van der Waals surface area contributed by atoms with Crippen molar-refractivity contribution >= 4 is 63.6 Å². The van der Waals surface area contributed by atoms with Crippen molar-refractivity contribution < 1.29 is 14.5 Å².